The highest BCUT2D eigenvalue weighted by molar-refractivity contribution is 6.21. The van der Waals surface area contributed by atoms with Gasteiger partial charge < -0.3 is 5.73 Å². The summed E-state index contributed by atoms with van der Waals surface area (Å²) in [6, 6.07) is 8.38. The Morgan fingerprint density at radius 3 is 2.26 bits per heavy atom. The van der Waals surface area contributed by atoms with Crippen LogP contribution < -0.4 is 5.73 Å². The van der Waals surface area contributed by atoms with E-state index < -0.39 is 0 Å². The molecule has 6 heteroatoms. The van der Waals surface area contributed by atoms with Gasteiger partial charge in [-0.2, -0.15) is 0 Å². The van der Waals surface area contributed by atoms with Crippen molar-refractivity contribution in [1.29, 1.82) is 0 Å². The molecule has 2 aromatic rings. The highest BCUT2D eigenvalue weighted by atomic mass is 16.2. The molecule has 6 nitrogen and oxygen atoms in total. The number of nitrogens with zero attached hydrogens (tertiary/aromatic N) is 3. The number of imide groups is 1. The molecule has 2 N–H and O–H groups in total. The summed E-state index contributed by atoms with van der Waals surface area (Å²) in [6.45, 7) is 0.0963. The van der Waals surface area contributed by atoms with Crippen molar-refractivity contribution in [3.63, 3.8) is 0 Å². The summed E-state index contributed by atoms with van der Waals surface area (Å²) >= 11 is 0. The first kappa shape index (κ1) is 11.3. The molecule has 1 aliphatic rings. The van der Waals surface area contributed by atoms with Crippen molar-refractivity contribution in [2.45, 2.75) is 6.54 Å². The van der Waals surface area contributed by atoms with Gasteiger partial charge in [-0.3, -0.25) is 14.5 Å². The number of amides is 2. The molecular weight excluding hydrogens is 244 g/mol. The minimum Gasteiger partial charge on any atom is -0.368 e. The van der Waals surface area contributed by atoms with E-state index in [4.69, 9.17) is 5.73 Å². The van der Waals surface area contributed by atoms with Gasteiger partial charge in [-0.25, -0.2) is 9.97 Å². The summed E-state index contributed by atoms with van der Waals surface area (Å²) in [5, 5.41) is 0. The second kappa shape index (κ2) is 4.16. The van der Waals surface area contributed by atoms with E-state index in [0.29, 0.717) is 16.8 Å². The van der Waals surface area contributed by atoms with Crippen molar-refractivity contribution in [3.8, 4) is 0 Å². The Morgan fingerprint density at radius 1 is 1.05 bits per heavy atom. The molecular formula is C13H10N4O2. The summed E-state index contributed by atoms with van der Waals surface area (Å²) in [5.41, 5.74) is 6.86. The third-order valence-electron chi connectivity index (χ3n) is 2.93. The van der Waals surface area contributed by atoms with Crippen LogP contribution in [0.4, 0.5) is 5.95 Å². The largest absolute Gasteiger partial charge is 0.368 e. The number of anilines is 1. The molecule has 1 aliphatic heterocycles. The quantitative estimate of drug-likeness (QED) is 0.803. The molecule has 0 saturated carbocycles. The van der Waals surface area contributed by atoms with Crippen molar-refractivity contribution < 1.29 is 9.59 Å². The lowest BCUT2D eigenvalue weighted by Crippen LogP contribution is -2.29. The van der Waals surface area contributed by atoms with Gasteiger partial charge in [0.25, 0.3) is 11.8 Å². The van der Waals surface area contributed by atoms with E-state index in [-0.39, 0.29) is 24.3 Å². The molecule has 0 unspecified atom stereocenters. The summed E-state index contributed by atoms with van der Waals surface area (Å²) < 4.78 is 0. The molecule has 2 amide bonds. The van der Waals surface area contributed by atoms with Gasteiger partial charge in [0.15, 0.2) is 0 Å². The van der Waals surface area contributed by atoms with Crippen molar-refractivity contribution in [2.24, 2.45) is 0 Å². The molecule has 0 radical (unpaired) electrons. The molecule has 94 valence electrons. The van der Waals surface area contributed by atoms with Crippen LogP contribution in [0.25, 0.3) is 0 Å². The van der Waals surface area contributed by atoms with Crippen molar-refractivity contribution >= 4 is 17.8 Å². The van der Waals surface area contributed by atoms with E-state index >= 15 is 0 Å². The van der Waals surface area contributed by atoms with Crippen LogP contribution in [0.3, 0.4) is 0 Å². The van der Waals surface area contributed by atoms with E-state index in [1.54, 1.807) is 30.3 Å². The zero-order chi connectivity index (χ0) is 13.4. The Balaban J connectivity index is 1.92. The van der Waals surface area contributed by atoms with Crippen LogP contribution in [-0.4, -0.2) is 26.7 Å². The third kappa shape index (κ3) is 1.83. The van der Waals surface area contributed by atoms with Gasteiger partial charge in [0.1, 0.15) is 0 Å². The van der Waals surface area contributed by atoms with Gasteiger partial charge in [0.2, 0.25) is 5.95 Å². The highest BCUT2D eigenvalue weighted by Crippen LogP contribution is 2.23. The van der Waals surface area contributed by atoms with Gasteiger partial charge in [-0.15, -0.1) is 0 Å². The lowest BCUT2D eigenvalue weighted by atomic mass is 10.1. The number of carbonyl (C=O) groups is 2. The lowest BCUT2D eigenvalue weighted by molar-refractivity contribution is 0.0640. The zero-order valence-corrected chi connectivity index (χ0v) is 9.91. The highest BCUT2D eigenvalue weighted by Gasteiger charge is 2.35. The molecule has 0 saturated heterocycles. The minimum absolute atomic E-state index is 0.0963. The van der Waals surface area contributed by atoms with Gasteiger partial charge in [-0.1, -0.05) is 12.1 Å². The van der Waals surface area contributed by atoms with E-state index in [9.17, 15) is 9.59 Å². The molecule has 0 bridgehead atoms. The van der Waals surface area contributed by atoms with Gasteiger partial charge in [-0.05, 0) is 18.2 Å². The molecule has 2 heterocycles. The first-order valence-electron chi connectivity index (χ1n) is 5.69. The molecule has 3 rings (SSSR count). The SMILES string of the molecule is Nc1nccc(CN2C(=O)c3ccccc3C2=O)n1. The van der Waals surface area contributed by atoms with Crippen molar-refractivity contribution in [2.75, 3.05) is 5.73 Å². The summed E-state index contributed by atoms with van der Waals surface area (Å²) in [4.78, 5) is 33.2. The monoisotopic (exact) mass is 254 g/mol. The van der Waals surface area contributed by atoms with Crippen LogP contribution in [0.15, 0.2) is 36.5 Å². The van der Waals surface area contributed by atoms with E-state index in [1.807, 2.05) is 0 Å². The second-order valence-corrected chi connectivity index (χ2v) is 4.15. The Bertz CT molecular complexity index is 649. The summed E-state index contributed by atoms with van der Waals surface area (Å²) in [6.07, 6.45) is 1.50. The van der Waals surface area contributed by atoms with Gasteiger partial charge in [0, 0.05) is 6.20 Å². The minimum atomic E-state index is -0.308. The number of aromatic nitrogens is 2. The molecule has 0 spiro atoms. The zero-order valence-electron chi connectivity index (χ0n) is 9.91. The lowest BCUT2D eigenvalue weighted by Gasteiger charge is -2.12. The number of hydrogen-bond acceptors (Lipinski definition) is 5. The maximum absolute atomic E-state index is 12.1. The molecule has 1 aromatic heterocycles. The predicted octanol–water partition coefficient (Wildman–Crippen LogP) is 0.855. The van der Waals surface area contributed by atoms with Crippen LogP contribution >= 0.6 is 0 Å². The van der Waals surface area contributed by atoms with Crippen molar-refractivity contribution in [3.05, 3.63) is 53.3 Å². The van der Waals surface area contributed by atoms with Crippen LogP contribution in [-0.2, 0) is 6.54 Å². The van der Waals surface area contributed by atoms with E-state index in [2.05, 4.69) is 9.97 Å². The Hall–Kier alpha value is -2.76. The van der Waals surface area contributed by atoms with Crippen LogP contribution in [0.1, 0.15) is 26.4 Å². The standard InChI is InChI=1S/C13H10N4O2/c14-13-15-6-5-8(16-13)7-17-11(18)9-3-1-2-4-10(9)12(17)19/h1-6H,7H2,(H2,14,15,16). The maximum atomic E-state index is 12.1. The first-order chi connectivity index (χ1) is 9.16. The Kier molecular flexibility index (Phi) is 2.49. The number of hydrogen-bond donors (Lipinski definition) is 1. The summed E-state index contributed by atoms with van der Waals surface area (Å²) in [7, 11) is 0. The fourth-order valence-electron chi connectivity index (χ4n) is 2.05. The maximum Gasteiger partial charge on any atom is 0.261 e. The van der Waals surface area contributed by atoms with Gasteiger partial charge >= 0.3 is 0 Å². The average molecular weight is 254 g/mol. The molecule has 19 heavy (non-hydrogen) atoms. The van der Waals surface area contributed by atoms with Crippen LogP contribution in [0.5, 0.6) is 0 Å². The number of nitrogens with two attached hydrogens (primary N) is 1. The smallest absolute Gasteiger partial charge is 0.261 e. The Labute approximate surface area is 108 Å². The molecule has 0 fully saturated rings. The molecule has 0 atom stereocenters. The first-order valence-corrected chi connectivity index (χ1v) is 5.69. The number of fused-ring (bicyclic) bond motifs is 1. The number of carbonyl (C=O) groups excluding carboxylic acids is 2. The fourth-order valence-corrected chi connectivity index (χ4v) is 2.05. The van der Waals surface area contributed by atoms with Gasteiger partial charge in [0.05, 0.1) is 23.4 Å². The third-order valence-corrected chi connectivity index (χ3v) is 2.93. The normalized spacial score (nSPS) is 13.8. The Morgan fingerprint density at radius 2 is 1.68 bits per heavy atom. The summed E-state index contributed by atoms with van der Waals surface area (Å²) in [5.74, 6) is -0.496. The van der Waals surface area contributed by atoms with Crippen molar-refractivity contribution in [1.82, 2.24) is 14.9 Å². The predicted molar refractivity (Wildman–Crippen MR) is 67.1 cm³/mol. The molecule has 1 aromatic carbocycles. The van der Waals surface area contributed by atoms with E-state index in [1.165, 1.54) is 6.20 Å². The number of rotatable bonds is 2. The van der Waals surface area contributed by atoms with E-state index in [0.717, 1.165) is 4.90 Å². The number of benzene rings is 1. The molecule has 0 aliphatic carbocycles. The second-order valence-electron chi connectivity index (χ2n) is 4.15. The topological polar surface area (TPSA) is 89.2 Å². The van der Waals surface area contributed by atoms with Crippen LogP contribution in [0, 0.1) is 0 Å². The number of nitrogen functional groups attached to an aromatic ring is 1. The average Bonchev–Trinajstić information content (AvgIpc) is 2.65. The van der Waals surface area contributed by atoms with Crippen LogP contribution in [0.2, 0.25) is 0 Å². The fraction of sp³-hybridized carbons (Fsp3) is 0.0769.